The third kappa shape index (κ3) is 6.10. The Morgan fingerprint density at radius 3 is 2.29 bits per heavy atom. The lowest BCUT2D eigenvalue weighted by atomic mass is 10.1. The van der Waals surface area contributed by atoms with Crippen LogP contribution < -0.4 is 0 Å². The maximum absolute atomic E-state index is 9.68. The monoisotopic (exact) mass is 253 g/mol. The van der Waals surface area contributed by atoms with E-state index in [1.807, 2.05) is 13.8 Å². The molecule has 96 valence electrons. The number of hydrogen-bond acceptors (Lipinski definition) is 3. The van der Waals surface area contributed by atoms with E-state index in [2.05, 4.69) is 43.3 Å². The summed E-state index contributed by atoms with van der Waals surface area (Å²) in [7, 11) is 4.17. The second-order valence-electron chi connectivity index (χ2n) is 5.31. The van der Waals surface area contributed by atoms with Crippen molar-refractivity contribution in [3.8, 4) is 0 Å². The van der Waals surface area contributed by atoms with Crippen molar-refractivity contribution >= 4 is 11.8 Å². The number of nitrogens with zero attached hydrogens (tertiary/aromatic N) is 1. The summed E-state index contributed by atoms with van der Waals surface area (Å²) < 4.78 is 0. The minimum atomic E-state index is -0.582. The van der Waals surface area contributed by atoms with E-state index in [-0.39, 0.29) is 0 Å². The van der Waals surface area contributed by atoms with Crippen LogP contribution in [0, 0.1) is 0 Å². The van der Waals surface area contributed by atoms with Crippen molar-refractivity contribution in [3.05, 3.63) is 35.4 Å². The molecular formula is C14H23NOS. The molecule has 1 aromatic rings. The summed E-state index contributed by atoms with van der Waals surface area (Å²) >= 11 is 1.79. The zero-order chi connectivity index (χ0) is 12.9. The molecule has 1 aromatic carbocycles. The molecule has 0 fully saturated rings. The number of thioether (sulfide) groups is 1. The quantitative estimate of drug-likeness (QED) is 0.843. The Morgan fingerprint density at radius 2 is 1.76 bits per heavy atom. The van der Waals surface area contributed by atoms with E-state index < -0.39 is 5.60 Å². The Bertz CT molecular complexity index is 344. The van der Waals surface area contributed by atoms with Crippen molar-refractivity contribution in [2.45, 2.75) is 31.7 Å². The maximum Gasteiger partial charge on any atom is 0.0681 e. The van der Waals surface area contributed by atoms with E-state index in [1.165, 1.54) is 11.1 Å². The molecule has 0 radical (unpaired) electrons. The predicted molar refractivity (Wildman–Crippen MR) is 76.3 cm³/mol. The number of hydrogen-bond donors (Lipinski definition) is 1. The van der Waals surface area contributed by atoms with Gasteiger partial charge in [0.05, 0.1) is 5.60 Å². The molecule has 0 spiro atoms. The van der Waals surface area contributed by atoms with Gasteiger partial charge in [-0.05, 0) is 39.1 Å². The minimum Gasteiger partial charge on any atom is -0.390 e. The lowest BCUT2D eigenvalue weighted by Gasteiger charge is -2.18. The fraction of sp³-hybridized carbons (Fsp3) is 0.571. The van der Waals surface area contributed by atoms with Gasteiger partial charge in [-0.1, -0.05) is 24.3 Å². The summed E-state index contributed by atoms with van der Waals surface area (Å²) in [5, 5.41) is 9.68. The molecule has 17 heavy (non-hydrogen) atoms. The zero-order valence-electron chi connectivity index (χ0n) is 11.2. The van der Waals surface area contributed by atoms with E-state index in [0.717, 1.165) is 18.1 Å². The van der Waals surface area contributed by atoms with E-state index in [0.29, 0.717) is 0 Å². The standard InChI is InChI=1S/C14H23NOS/c1-14(2,16)11-17-10-13-8-6-5-7-12(13)9-15(3)4/h5-8,16H,9-11H2,1-4H3. The van der Waals surface area contributed by atoms with Crippen molar-refractivity contribution in [1.82, 2.24) is 4.90 Å². The normalized spacial score (nSPS) is 12.1. The maximum atomic E-state index is 9.68. The fourth-order valence-corrected chi connectivity index (χ4v) is 2.71. The molecule has 0 saturated carbocycles. The average molecular weight is 253 g/mol. The van der Waals surface area contributed by atoms with Gasteiger partial charge < -0.3 is 10.0 Å². The van der Waals surface area contributed by atoms with Crippen molar-refractivity contribution in [2.24, 2.45) is 0 Å². The van der Waals surface area contributed by atoms with E-state index in [9.17, 15) is 5.11 Å². The molecule has 1 N–H and O–H groups in total. The van der Waals surface area contributed by atoms with Crippen LogP contribution in [0.1, 0.15) is 25.0 Å². The molecule has 0 amide bonds. The van der Waals surface area contributed by atoms with Gasteiger partial charge in [0.25, 0.3) is 0 Å². The van der Waals surface area contributed by atoms with Gasteiger partial charge in [0.1, 0.15) is 0 Å². The first-order chi connectivity index (χ1) is 7.88. The molecule has 0 bridgehead atoms. The third-order valence-electron chi connectivity index (χ3n) is 2.32. The Labute approximate surface area is 109 Å². The first-order valence-electron chi connectivity index (χ1n) is 5.90. The fourth-order valence-electron chi connectivity index (χ4n) is 1.60. The Kier molecular flexibility index (Phi) is 5.50. The molecule has 0 aromatic heterocycles. The summed E-state index contributed by atoms with van der Waals surface area (Å²) in [5.41, 5.74) is 2.16. The van der Waals surface area contributed by atoms with Crippen LogP contribution >= 0.6 is 11.8 Å². The molecule has 0 aliphatic rings. The third-order valence-corrected chi connectivity index (χ3v) is 3.74. The van der Waals surface area contributed by atoms with Gasteiger partial charge in [0.2, 0.25) is 0 Å². The summed E-state index contributed by atoms with van der Waals surface area (Å²) in [5.74, 6) is 1.73. The van der Waals surface area contributed by atoms with E-state index in [1.54, 1.807) is 11.8 Å². The molecule has 2 nitrogen and oxygen atoms in total. The van der Waals surface area contributed by atoms with Gasteiger partial charge in [-0.3, -0.25) is 0 Å². The van der Waals surface area contributed by atoms with Crippen molar-refractivity contribution in [3.63, 3.8) is 0 Å². The first-order valence-corrected chi connectivity index (χ1v) is 7.05. The summed E-state index contributed by atoms with van der Waals surface area (Å²) in [4.78, 5) is 2.18. The predicted octanol–water partition coefficient (Wildman–Crippen LogP) is 2.75. The minimum absolute atomic E-state index is 0.582. The highest BCUT2D eigenvalue weighted by molar-refractivity contribution is 7.98. The van der Waals surface area contributed by atoms with Gasteiger partial charge in [-0.15, -0.1) is 0 Å². The van der Waals surface area contributed by atoms with E-state index in [4.69, 9.17) is 0 Å². The molecule has 0 aliphatic heterocycles. The highest BCUT2D eigenvalue weighted by atomic mass is 32.2. The molecule has 0 aliphatic carbocycles. The molecule has 0 saturated heterocycles. The number of benzene rings is 1. The summed E-state index contributed by atoms with van der Waals surface area (Å²) in [6, 6.07) is 8.53. The van der Waals surface area contributed by atoms with Crippen LogP contribution in [0.25, 0.3) is 0 Å². The highest BCUT2D eigenvalue weighted by Crippen LogP contribution is 2.20. The topological polar surface area (TPSA) is 23.5 Å². The first kappa shape index (κ1) is 14.6. The molecule has 0 heterocycles. The van der Waals surface area contributed by atoms with Gasteiger partial charge in [-0.25, -0.2) is 0 Å². The Morgan fingerprint density at radius 1 is 1.18 bits per heavy atom. The Balaban J connectivity index is 2.58. The van der Waals surface area contributed by atoms with Crippen molar-refractivity contribution in [2.75, 3.05) is 19.8 Å². The molecular weight excluding hydrogens is 230 g/mol. The lowest BCUT2D eigenvalue weighted by Crippen LogP contribution is -2.21. The summed E-state index contributed by atoms with van der Waals surface area (Å²) in [6.45, 7) is 4.68. The van der Waals surface area contributed by atoms with Crippen LogP contribution in [0.5, 0.6) is 0 Å². The van der Waals surface area contributed by atoms with Gasteiger partial charge in [0.15, 0.2) is 0 Å². The van der Waals surface area contributed by atoms with Gasteiger partial charge in [-0.2, -0.15) is 11.8 Å². The number of aliphatic hydroxyl groups is 1. The van der Waals surface area contributed by atoms with Crippen LogP contribution in [0.2, 0.25) is 0 Å². The van der Waals surface area contributed by atoms with Crippen LogP contribution in [0.15, 0.2) is 24.3 Å². The van der Waals surface area contributed by atoms with Gasteiger partial charge in [0, 0.05) is 18.1 Å². The summed E-state index contributed by atoms with van der Waals surface area (Å²) in [6.07, 6.45) is 0. The lowest BCUT2D eigenvalue weighted by molar-refractivity contribution is 0.107. The van der Waals surface area contributed by atoms with Gasteiger partial charge >= 0.3 is 0 Å². The largest absolute Gasteiger partial charge is 0.390 e. The van der Waals surface area contributed by atoms with Crippen LogP contribution in [-0.2, 0) is 12.3 Å². The smallest absolute Gasteiger partial charge is 0.0681 e. The second-order valence-corrected chi connectivity index (χ2v) is 6.30. The molecule has 0 atom stereocenters. The van der Waals surface area contributed by atoms with Crippen LogP contribution in [0.3, 0.4) is 0 Å². The number of rotatable bonds is 6. The van der Waals surface area contributed by atoms with Crippen molar-refractivity contribution < 1.29 is 5.11 Å². The van der Waals surface area contributed by atoms with Crippen molar-refractivity contribution in [1.29, 1.82) is 0 Å². The Hall–Kier alpha value is -0.510. The SMILES string of the molecule is CN(C)Cc1ccccc1CSCC(C)(C)O. The highest BCUT2D eigenvalue weighted by Gasteiger charge is 2.12. The second kappa shape index (κ2) is 6.43. The average Bonchev–Trinajstić information content (AvgIpc) is 2.18. The van der Waals surface area contributed by atoms with E-state index >= 15 is 0 Å². The molecule has 0 unspecified atom stereocenters. The molecule has 3 heteroatoms. The van der Waals surface area contributed by atoms with Crippen LogP contribution in [-0.4, -0.2) is 35.5 Å². The molecule has 1 rings (SSSR count). The zero-order valence-corrected chi connectivity index (χ0v) is 12.0. The van der Waals surface area contributed by atoms with Crippen LogP contribution in [0.4, 0.5) is 0 Å².